The molecule has 1 aromatic heterocycles. The lowest BCUT2D eigenvalue weighted by Gasteiger charge is -2.20. The lowest BCUT2D eigenvalue weighted by molar-refractivity contribution is -0.114. The fraction of sp³-hybridized carbons (Fsp3) is 0.238. The molecule has 0 saturated heterocycles. The van der Waals surface area contributed by atoms with Gasteiger partial charge in [0.25, 0.3) is 5.91 Å². The van der Waals surface area contributed by atoms with Crippen molar-refractivity contribution in [1.29, 1.82) is 5.41 Å². The van der Waals surface area contributed by atoms with Crippen LogP contribution in [0.3, 0.4) is 0 Å². The number of amidine groups is 2. The van der Waals surface area contributed by atoms with Gasteiger partial charge in [-0.2, -0.15) is 15.1 Å². The number of fused-ring (bicyclic) bond motifs is 1. The number of aryl methyl sites for hydroxylation is 2. The van der Waals surface area contributed by atoms with Crippen molar-refractivity contribution in [2.45, 2.75) is 34.1 Å². The predicted molar refractivity (Wildman–Crippen MR) is 115 cm³/mol. The van der Waals surface area contributed by atoms with Crippen LogP contribution in [-0.4, -0.2) is 31.5 Å². The van der Waals surface area contributed by atoms with Crippen LogP contribution in [0, 0.1) is 26.2 Å². The van der Waals surface area contributed by atoms with Crippen LogP contribution in [-0.2, 0) is 4.79 Å². The molecule has 3 heterocycles. The van der Waals surface area contributed by atoms with E-state index in [9.17, 15) is 4.79 Å². The molecule has 142 valence electrons. The van der Waals surface area contributed by atoms with Gasteiger partial charge in [0.1, 0.15) is 5.04 Å². The summed E-state index contributed by atoms with van der Waals surface area (Å²) in [6.45, 7) is 8.12. The van der Waals surface area contributed by atoms with E-state index in [1.807, 2.05) is 32.9 Å². The first kappa shape index (κ1) is 18.4. The van der Waals surface area contributed by atoms with Crippen molar-refractivity contribution in [1.82, 2.24) is 9.58 Å². The number of benzene rings is 1. The van der Waals surface area contributed by atoms with Gasteiger partial charge < -0.3 is 4.57 Å². The highest BCUT2D eigenvalue weighted by molar-refractivity contribution is 8.26. The minimum absolute atomic E-state index is 0.0753. The Labute approximate surface area is 168 Å². The summed E-state index contributed by atoms with van der Waals surface area (Å²) in [5.41, 5.74) is 5.51. The highest BCUT2D eigenvalue weighted by Gasteiger charge is 2.35. The van der Waals surface area contributed by atoms with Gasteiger partial charge in [0.05, 0.1) is 5.57 Å². The monoisotopic (exact) mass is 391 g/mol. The van der Waals surface area contributed by atoms with Gasteiger partial charge in [-0.1, -0.05) is 19.1 Å². The molecule has 0 fully saturated rings. The SMILES string of the molecule is CCC1=NN2C(=N)C(=Cc3cc(C)n(-c4cccc(C)c4)c3C)C(=O)N=C2S1. The molecule has 4 rings (SSSR count). The zero-order valence-corrected chi connectivity index (χ0v) is 17.1. The normalized spacial score (nSPS) is 17.9. The molecule has 28 heavy (non-hydrogen) atoms. The zero-order valence-electron chi connectivity index (χ0n) is 16.3. The smallest absolute Gasteiger partial charge is 0.283 e. The fourth-order valence-electron chi connectivity index (χ4n) is 3.43. The van der Waals surface area contributed by atoms with Crippen molar-refractivity contribution in [3.8, 4) is 5.69 Å². The highest BCUT2D eigenvalue weighted by Crippen LogP contribution is 2.30. The number of nitrogens with zero attached hydrogens (tertiary/aromatic N) is 4. The average Bonchev–Trinajstić information content (AvgIpc) is 3.19. The van der Waals surface area contributed by atoms with Crippen LogP contribution in [0.5, 0.6) is 0 Å². The average molecular weight is 392 g/mol. The Morgan fingerprint density at radius 2 is 2.00 bits per heavy atom. The number of hydrogen-bond donors (Lipinski definition) is 1. The molecule has 0 spiro atoms. The van der Waals surface area contributed by atoms with Crippen molar-refractivity contribution in [3.63, 3.8) is 0 Å². The Bertz CT molecular complexity index is 1110. The van der Waals surface area contributed by atoms with Crippen LogP contribution >= 0.6 is 11.8 Å². The Kier molecular flexibility index (Phi) is 4.55. The van der Waals surface area contributed by atoms with Crippen molar-refractivity contribution < 1.29 is 4.79 Å². The van der Waals surface area contributed by atoms with E-state index in [-0.39, 0.29) is 11.4 Å². The molecule has 0 atom stereocenters. The number of carbonyl (C=O) groups is 1. The van der Waals surface area contributed by atoms with Crippen LogP contribution in [0.15, 0.2) is 46.0 Å². The van der Waals surface area contributed by atoms with E-state index in [0.29, 0.717) is 5.17 Å². The number of aliphatic imine (C=N–C) groups is 1. The Morgan fingerprint density at radius 3 is 2.71 bits per heavy atom. The topological polar surface area (TPSA) is 73.8 Å². The van der Waals surface area contributed by atoms with Gasteiger partial charge in [-0.3, -0.25) is 10.2 Å². The minimum atomic E-state index is -0.392. The highest BCUT2D eigenvalue weighted by atomic mass is 32.2. The summed E-state index contributed by atoms with van der Waals surface area (Å²) in [6, 6.07) is 10.3. The molecule has 1 amide bonds. The van der Waals surface area contributed by atoms with E-state index in [4.69, 9.17) is 5.41 Å². The lowest BCUT2D eigenvalue weighted by Crippen LogP contribution is -2.35. The minimum Gasteiger partial charge on any atom is -0.318 e. The molecule has 0 unspecified atom stereocenters. The summed E-state index contributed by atoms with van der Waals surface area (Å²) in [4.78, 5) is 16.7. The van der Waals surface area contributed by atoms with Gasteiger partial charge in [-0.15, -0.1) is 0 Å². The molecule has 1 aromatic carbocycles. The van der Waals surface area contributed by atoms with Crippen LogP contribution in [0.4, 0.5) is 0 Å². The lowest BCUT2D eigenvalue weighted by atomic mass is 10.1. The number of rotatable bonds is 3. The summed E-state index contributed by atoms with van der Waals surface area (Å²) in [6.07, 6.45) is 2.50. The number of nitrogens with one attached hydrogen (secondary N) is 1. The number of thioether (sulfide) groups is 1. The van der Waals surface area contributed by atoms with E-state index in [2.05, 4.69) is 39.8 Å². The fourth-order valence-corrected chi connectivity index (χ4v) is 4.25. The molecule has 6 nitrogen and oxygen atoms in total. The summed E-state index contributed by atoms with van der Waals surface area (Å²) >= 11 is 1.35. The van der Waals surface area contributed by atoms with Gasteiger partial charge in [0, 0.05) is 17.1 Å². The Morgan fingerprint density at radius 1 is 1.21 bits per heavy atom. The number of carbonyl (C=O) groups excluding carboxylic acids is 1. The van der Waals surface area contributed by atoms with Crippen molar-refractivity contribution >= 4 is 39.8 Å². The molecular formula is C21H21N5OS. The molecule has 1 N–H and O–H groups in total. The second kappa shape index (κ2) is 6.91. The first-order valence-electron chi connectivity index (χ1n) is 9.14. The van der Waals surface area contributed by atoms with Crippen molar-refractivity contribution in [2.24, 2.45) is 10.1 Å². The summed E-state index contributed by atoms with van der Waals surface area (Å²) < 4.78 is 2.16. The largest absolute Gasteiger partial charge is 0.318 e. The number of hydrogen-bond acceptors (Lipinski definition) is 4. The molecule has 2 aliphatic rings. The van der Waals surface area contributed by atoms with Gasteiger partial charge in [0.15, 0.2) is 5.84 Å². The third kappa shape index (κ3) is 3.01. The Balaban J connectivity index is 1.76. The van der Waals surface area contributed by atoms with Crippen molar-refractivity contribution in [3.05, 3.63) is 58.4 Å². The molecule has 2 aromatic rings. The summed E-state index contributed by atoms with van der Waals surface area (Å²) in [5.74, 6) is -0.317. The van der Waals surface area contributed by atoms with Crippen LogP contribution in [0.1, 0.15) is 35.9 Å². The molecular weight excluding hydrogens is 370 g/mol. The molecule has 2 aliphatic heterocycles. The number of aromatic nitrogens is 1. The van der Waals surface area contributed by atoms with Crippen LogP contribution in [0.25, 0.3) is 11.8 Å². The molecule has 0 radical (unpaired) electrons. The number of hydrazone groups is 1. The third-order valence-electron chi connectivity index (χ3n) is 4.83. The van der Waals surface area contributed by atoms with E-state index < -0.39 is 5.91 Å². The van der Waals surface area contributed by atoms with Gasteiger partial charge in [-0.05, 0) is 74.4 Å². The number of amides is 1. The molecule has 7 heteroatoms. The van der Waals surface area contributed by atoms with E-state index in [1.165, 1.54) is 22.3 Å². The molecule has 0 saturated carbocycles. The van der Waals surface area contributed by atoms with Gasteiger partial charge in [0.2, 0.25) is 5.17 Å². The van der Waals surface area contributed by atoms with E-state index in [1.54, 1.807) is 6.08 Å². The first-order chi connectivity index (χ1) is 13.4. The van der Waals surface area contributed by atoms with E-state index >= 15 is 0 Å². The molecule has 0 bridgehead atoms. The maximum absolute atomic E-state index is 12.6. The maximum atomic E-state index is 12.6. The quantitative estimate of drug-likeness (QED) is 0.787. The van der Waals surface area contributed by atoms with Crippen molar-refractivity contribution in [2.75, 3.05) is 0 Å². The second-order valence-corrected chi connectivity index (χ2v) is 7.91. The van der Waals surface area contributed by atoms with Gasteiger partial charge >= 0.3 is 0 Å². The first-order valence-corrected chi connectivity index (χ1v) is 9.95. The second-order valence-electron chi connectivity index (χ2n) is 6.87. The van der Waals surface area contributed by atoms with Crippen LogP contribution < -0.4 is 0 Å². The van der Waals surface area contributed by atoms with E-state index in [0.717, 1.165) is 34.1 Å². The summed E-state index contributed by atoms with van der Waals surface area (Å²) in [5, 5.41) is 15.6. The predicted octanol–water partition coefficient (Wildman–Crippen LogP) is 4.43. The molecule has 0 aliphatic carbocycles. The third-order valence-corrected chi connectivity index (χ3v) is 5.88. The maximum Gasteiger partial charge on any atom is 0.283 e. The standard InChI is InChI=1S/C21H21N5OS/c1-5-18-24-26-19(22)17(20(27)23-21(26)28-18)11-15-10-13(3)25(14(15)4)16-8-6-7-12(2)9-16/h6-11,22H,5H2,1-4H3. The Hall–Kier alpha value is -2.93. The van der Waals surface area contributed by atoms with Gasteiger partial charge in [-0.25, -0.2) is 0 Å². The zero-order chi connectivity index (χ0) is 20.0. The van der Waals surface area contributed by atoms with Crippen LogP contribution in [0.2, 0.25) is 0 Å². The summed E-state index contributed by atoms with van der Waals surface area (Å²) in [7, 11) is 0.